The number of carbonyl (C=O) groups is 1. The van der Waals surface area contributed by atoms with Crippen LogP contribution in [0.4, 0.5) is 0 Å². The van der Waals surface area contributed by atoms with Crippen molar-refractivity contribution in [2.75, 3.05) is 19.6 Å². The summed E-state index contributed by atoms with van der Waals surface area (Å²) in [6, 6.07) is 16.7. The lowest BCUT2D eigenvalue weighted by atomic mass is 9.86. The maximum atomic E-state index is 11.7. The number of pyridine rings is 1. The van der Waals surface area contributed by atoms with Gasteiger partial charge in [-0.05, 0) is 55.5 Å². The second-order valence-electron chi connectivity index (χ2n) is 7.38. The highest BCUT2D eigenvalue weighted by Crippen LogP contribution is 2.30. The lowest BCUT2D eigenvalue weighted by Gasteiger charge is -2.37. The van der Waals surface area contributed by atoms with E-state index in [1.54, 1.807) is 13.1 Å². The van der Waals surface area contributed by atoms with Crippen LogP contribution in [-0.4, -0.2) is 35.4 Å². The molecule has 4 nitrogen and oxygen atoms in total. The quantitative estimate of drug-likeness (QED) is 0.861. The zero-order chi connectivity index (χ0) is 18.4. The van der Waals surface area contributed by atoms with Crippen molar-refractivity contribution in [2.24, 2.45) is 5.92 Å². The van der Waals surface area contributed by atoms with E-state index in [4.69, 9.17) is 0 Å². The Kier molecular flexibility index (Phi) is 6.40. The molecule has 26 heavy (non-hydrogen) atoms. The lowest BCUT2D eigenvalue weighted by molar-refractivity contribution is -0.120. The van der Waals surface area contributed by atoms with Crippen LogP contribution in [0.2, 0.25) is 0 Å². The van der Waals surface area contributed by atoms with Gasteiger partial charge in [0, 0.05) is 19.7 Å². The standard InChI is InChI=1S/C22H29N3O/c1-17(19-8-4-3-5-9-19)16-25-14-11-20(12-15-25)22(24-18(2)26)21-10-6-7-13-23-21/h3-10,13,17,20,22H,11-12,14-16H2,1-2H3,(H,24,26)/t17-,22+/m1/s1. The summed E-state index contributed by atoms with van der Waals surface area (Å²) in [5, 5.41) is 3.13. The number of rotatable bonds is 6. The first-order chi connectivity index (χ1) is 12.6. The van der Waals surface area contributed by atoms with E-state index in [-0.39, 0.29) is 11.9 Å². The average Bonchev–Trinajstić information content (AvgIpc) is 2.68. The molecule has 0 saturated carbocycles. The largest absolute Gasteiger partial charge is 0.348 e. The van der Waals surface area contributed by atoms with E-state index >= 15 is 0 Å². The molecule has 1 aromatic heterocycles. The Balaban J connectivity index is 1.58. The molecule has 1 aromatic carbocycles. The molecule has 0 unspecified atom stereocenters. The van der Waals surface area contributed by atoms with E-state index in [2.05, 4.69) is 52.5 Å². The molecule has 0 aliphatic carbocycles. The van der Waals surface area contributed by atoms with Crippen molar-refractivity contribution in [3.63, 3.8) is 0 Å². The van der Waals surface area contributed by atoms with Crippen LogP contribution in [-0.2, 0) is 4.79 Å². The summed E-state index contributed by atoms with van der Waals surface area (Å²) in [4.78, 5) is 18.7. The van der Waals surface area contributed by atoms with Crippen molar-refractivity contribution in [3.05, 3.63) is 66.0 Å². The highest BCUT2D eigenvalue weighted by molar-refractivity contribution is 5.73. The number of piperidine rings is 1. The Labute approximate surface area is 156 Å². The number of carbonyl (C=O) groups excluding carboxylic acids is 1. The molecular formula is C22H29N3O. The van der Waals surface area contributed by atoms with Gasteiger partial charge < -0.3 is 10.2 Å². The number of nitrogens with zero attached hydrogens (tertiary/aromatic N) is 2. The van der Waals surface area contributed by atoms with Crippen LogP contribution in [0.1, 0.15) is 49.9 Å². The van der Waals surface area contributed by atoms with Crippen LogP contribution in [0.15, 0.2) is 54.7 Å². The molecule has 0 radical (unpaired) electrons. The maximum absolute atomic E-state index is 11.7. The minimum absolute atomic E-state index is 0.0146. The van der Waals surface area contributed by atoms with E-state index in [1.807, 2.05) is 18.2 Å². The van der Waals surface area contributed by atoms with Crippen molar-refractivity contribution in [1.29, 1.82) is 0 Å². The topological polar surface area (TPSA) is 45.2 Å². The number of nitrogens with one attached hydrogen (secondary N) is 1. The zero-order valence-electron chi connectivity index (χ0n) is 15.8. The summed E-state index contributed by atoms with van der Waals surface area (Å²) < 4.78 is 0. The third-order valence-electron chi connectivity index (χ3n) is 5.37. The minimum Gasteiger partial charge on any atom is -0.348 e. The van der Waals surface area contributed by atoms with Gasteiger partial charge in [-0.3, -0.25) is 9.78 Å². The molecule has 2 aromatic rings. The first kappa shape index (κ1) is 18.6. The monoisotopic (exact) mass is 351 g/mol. The Bertz CT molecular complexity index is 681. The van der Waals surface area contributed by atoms with Crippen molar-refractivity contribution >= 4 is 5.91 Å². The highest BCUT2D eigenvalue weighted by Gasteiger charge is 2.29. The Hall–Kier alpha value is -2.20. The molecule has 4 heteroatoms. The van der Waals surface area contributed by atoms with Gasteiger partial charge in [-0.1, -0.05) is 43.3 Å². The molecule has 1 saturated heterocycles. The second-order valence-corrected chi connectivity index (χ2v) is 7.38. The average molecular weight is 351 g/mol. The molecule has 1 N–H and O–H groups in total. The Morgan fingerprint density at radius 1 is 1.15 bits per heavy atom. The molecule has 2 atom stereocenters. The molecule has 1 amide bonds. The summed E-state index contributed by atoms with van der Waals surface area (Å²) in [5.41, 5.74) is 2.37. The smallest absolute Gasteiger partial charge is 0.217 e. The second kappa shape index (κ2) is 8.95. The van der Waals surface area contributed by atoms with Crippen molar-refractivity contribution in [3.8, 4) is 0 Å². The van der Waals surface area contributed by atoms with Gasteiger partial charge in [-0.15, -0.1) is 0 Å². The minimum atomic E-state index is 0.0146. The number of amides is 1. The molecule has 1 aliphatic heterocycles. The van der Waals surface area contributed by atoms with Crippen LogP contribution in [0.5, 0.6) is 0 Å². The summed E-state index contributed by atoms with van der Waals surface area (Å²) >= 11 is 0. The van der Waals surface area contributed by atoms with Gasteiger partial charge >= 0.3 is 0 Å². The van der Waals surface area contributed by atoms with E-state index in [9.17, 15) is 4.79 Å². The van der Waals surface area contributed by atoms with Gasteiger partial charge in [0.05, 0.1) is 11.7 Å². The van der Waals surface area contributed by atoms with Gasteiger partial charge in [-0.25, -0.2) is 0 Å². The first-order valence-electron chi connectivity index (χ1n) is 9.59. The number of benzene rings is 1. The third-order valence-corrected chi connectivity index (χ3v) is 5.37. The molecule has 0 bridgehead atoms. The molecule has 2 heterocycles. The van der Waals surface area contributed by atoms with Crippen LogP contribution in [0.3, 0.4) is 0 Å². The molecular weight excluding hydrogens is 322 g/mol. The summed E-state index contributed by atoms with van der Waals surface area (Å²) in [5.74, 6) is 0.993. The summed E-state index contributed by atoms with van der Waals surface area (Å²) in [6.07, 6.45) is 3.98. The van der Waals surface area contributed by atoms with Crippen molar-refractivity contribution in [1.82, 2.24) is 15.2 Å². The van der Waals surface area contributed by atoms with Gasteiger partial charge in [0.2, 0.25) is 5.91 Å². The fourth-order valence-corrected chi connectivity index (χ4v) is 3.96. The zero-order valence-corrected chi connectivity index (χ0v) is 15.8. The number of aromatic nitrogens is 1. The predicted octanol–water partition coefficient (Wildman–Crippen LogP) is 3.77. The van der Waals surface area contributed by atoms with E-state index in [0.717, 1.165) is 38.2 Å². The van der Waals surface area contributed by atoms with Crippen molar-refractivity contribution < 1.29 is 4.79 Å². The number of hydrogen-bond donors (Lipinski definition) is 1. The molecule has 1 fully saturated rings. The summed E-state index contributed by atoms with van der Waals surface area (Å²) in [6.45, 7) is 7.13. The van der Waals surface area contributed by atoms with Crippen LogP contribution >= 0.6 is 0 Å². The molecule has 0 spiro atoms. The predicted molar refractivity (Wildman–Crippen MR) is 105 cm³/mol. The molecule has 3 rings (SSSR count). The van der Waals surface area contributed by atoms with E-state index in [0.29, 0.717) is 11.8 Å². The normalized spacial score (nSPS) is 18.2. The van der Waals surface area contributed by atoms with E-state index in [1.165, 1.54) is 5.56 Å². The number of hydrogen-bond acceptors (Lipinski definition) is 3. The van der Waals surface area contributed by atoms with Gasteiger partial charge in [0.15, 0.2) is 0 Å². The van der Waals surface area contributed by atoms with Gasteiger partial charge in [0.25, 0.3) is 0 Å². The maximum Gasteiger partial charge on any atom is 0.217 e. The molecule has 138 valence electrons. The SMILES string of the molecule is CC(=O)N[C@H](c1ccccn1)C1CCN(C[C@@H](C)c2ccccc2)CC1. The van der Waals surface area contributed by atoms with Crippen LogP contribution < -0.4 is 5.32 Å². The van der Waals surface area contributed by atoms with Crippen LogP contribution in [0, 0.1) is 5.92 Å². The Morgan fingerprint density at radius 3 is 2.46 bits per heavy atom. The number of likely N-dealkylation sites (tertiary alicyclic amines) is 1. The third kappa shape index (κ3) is 4.92. The highest BCUT2D eigenvalue weighted by atomic mass is 16.1. The fraction of sp³-hybridized carbons (Fsp3) is 0.455. The van der Waals surface area contributed by atoms with E-state index < -0.39 is 0 Å². The van der Waals surface area contributed by atoms with Crippen LogP contribution in [0.25, 0.3) is 0 Å². The molecule has 1 aliphatic rings. The van der Waals surface area contributed by atoms with Gasteiger partial charge in [0.1, 0.15) is 0 Å². The summed E-state index contributed by atoms with van der Waals surface area (Å²) in [7, 11) is 0. The van der Waals surface area contributed by atoms with Gasteiger partial charge in [-0.2, -0.15) is 0 Å². The van der Waals surface area contributed by atoms with Crippen molar-refractivity contribution in [2.45, 2.75) is 38.6 Å². The first-order valence-corrected chi connectivity index (χ1v) is 9.59. The fourth-order valence-electron chi connectivity index (χ4n) is 3.96. The Morgan fingerprint density at radius 2 is 1.85 bits per heavy atom. The lowest BCUT2D eigenvalue weighted by Crippen LogP contribution is -2.41.